The fourth-order valence-corrected chi connectivity index (χ4v) is 3.76. The molecule has 9 heteroatoms. The van der Waals surface area contributed by atoms with Crippen molar-refractivity contribution in [3.63, 3.8) is 0 Å². The van der Waals surface area contributed by atoms with E-state index < -0.39 is 11.9 Å². The lowest BCUT2D eigenvalue weighted by Crippen LogP contribution is -2.11. The van der Waals surface area contributed by atoms with E-state index in [1.807, 2.05) is 0 Å². The van der Waals surface area contributed by atoms with E-state index >= 15 is 0 Å². The van der Waals surface area contributed by atoms with E-state index in [-0.39, 0.29) is 17.3 Å². The van der Waals surface area contributed by atoms with Crippen molar-refractivity contribution in [3.8, 4) is 11.1 Å². The van der Waals surface area contributed by atoms with Gasteiger partial charge in [-0.3, -0.25) is 4.79 Å². The van der Waals surface area contributed by atoms with Crippen molar-refractivity contribution in [3.05, 3.63) is 59.3 Å². The first kappa shape index (κ1) is 18.2. The number of aromatic nitrogens is 5. The molecule has 0 amide bonds. The largest absolute Gasteiger partial charge is 0.464 e. The first-order valence-electron chi connectivity index (χ1n) is 9.50. The highest BCUT2D eigenvalue weighted by Crippen LogP contribution is 2.42. The van der Waals surface area contributed by atoms with Crippen molar-refractivity contribution in [2.75, 3.05) is 0 Å². The Morgan fingerprint density at radius 1 is 1.17 bits per heavy atom. The van der Waals surface area contributed by atoms with Crippen LogP contribution in [0.5, 0.6) is 0 Å². The maximum absolute atomic E-state index is 13.3. The summed E-state index contributed by atoms with van der Waals surface area (Å²) in [6, 6.07) is 5.03. The summed E-state index contributed by atoms with van der Waals surface area (Å²) in [5.41, 5.74) is 2.91. The van der Waals surface area contributed by atoms with Crippen molar-refractivity contribution in [1.29, 1.82) is 0 Å². The summed E-state index contributed by atoms with van der Waals surface area (Å²) >= 11 is 0. The first-order valence-corrected chi connectivity index (χ1v) is 9.50. The lowest BCUT2D eigenvalue weighted by atomic mass is 9.98. The average Bonchev–Trinajstić information content (AvgIpc) is 3.43. The molecular weight excluding hydrogens is 386 g/mol. The van der Waals surface area contributed by atoms with Gasteiger partial charge in [-0.25, -0.2) is 24.3 Å². The molecule has 0 bridgehead atoms. The van der Waals surface area contributed by atoms with E-state index in [9.17, 15) is 14.7 Å². The third-order valence-electron chi connectivity index (χ3n) is 5.26. The first-order chi connectivity index (χ1) is 14.5. The molecule has 3 heterocycles. The Kier molecular flexibility index (Phi) is 3.99. The van der Waals surface area contributed by atoms with Gasteiger partial charge in [0.2, 0.25) is 11.6 Å². The number of rotatable bonds is 4. The predicted octanol–water partition coefficient (Wildman–Crippen LogP) is 3.73. The summed E-state index contributed by atoms with van der Waals surface area (Å²) in [7, 11) is 0. The van der Waals surface area contributed by atoms with E-state index in [0.29, 0.717) is 39.4 Å². The highest BCUT2D eigenvalue weighted by atomic mass is 16.5. The van der Waals surface area contributed by atoms with Gasteiger partial charge in [-0.05, 0) is 50.5 Å². The molecule has 1 fully saturated rings. The van der Waals surface area contributed by atoms with Gasteiger partial charge >= 0.3 is 6.09 Å². The van der Waals surface area contributed by atoms with Crippen LogP contribution in [0.25, 0.3) is 22.2 Å². The Balaban J connectivity index is 1.84. The van der Waals surface area contributed by atoms with Gasteiger partial charge in [0.25, 0.3) is 0 Å². The van der Waals surface area contributed by atoms with Crippen LogP contribution in [0.15, 0.2) is 35.1 Å². The molecule has 1 N–H and O–H groups in total. The van der Waals surface area contributed by atoms with Gasteiger partial charge in [-0.1, -0.05) is 5.16 Å². The second-order valence-corrected chi connectivity index (χ2v) is 7.35. The lowest BCUT2D eigenvalue weighted by Gasteiger charge is -2.07. The third kappa shape index (κ3) is 2.78. The molecule has 1 saturated carbocycles. The zero-order chi connectivity index (χ0) is 21.0. The normalized spacial score (nSPS) is 13.7. The molecule has 9 nitrogen and oxygen atoms in total. The van der Waals surface area contributed by atoms with Crippen molar-refractivity contribution < 1.29 is 19.2 Å². The molecule has 150 valence electrons. The van der Waals surface area contributed by atoms with Gasteiger partial charge in [-0.15, -0.1) is 0 Å². The molecule has 4 aromatic rings. The third-order valence-corrected chi connectivity index (χ3v) is 5.26. The molecule has 1 aliphatic carbocycles. The Hall–Kier alpha value is -3.88. The summed E-state index contributed by atoms with van der Waals surface area (Å²) in [6.45, 7) is 3.56. The number of fused-ring (bicyclic) bond motifs is 1. The molecule has 1 aliphatic rings. The fourth-order valence-electron chi connectivity index (χ4n) is 3.76. The number of ketones is 1. The summed E-state index contributed by atoms with van der Waals surface area (Å²) in [5.74, 6) is 0.701. The quantitative estimate of drug-likeness (QED) is 0.511. The second-order valence-electron chi connectivity index (χ2n) is 7.35. The van der Waals surface area contributed by atoms with Crippen LogP contribution < -0.4 is 0 Å². The standard InChI is InChI=1S/C21H17N5O4/c1-10-16(11(2)30-25-10)13-8-14(18(27)19-22-6-3-7-23-19)17-15(9-13)26(21(28)29)20(24-17)12-4-5-12/h3,6-9,12H,4-5H2,1-2H3,(H,28,29). The molecule has 1 aromatic carbocycles. The van der Waals surface area contributed by atoms with Gasteiger partial charge in [0.15, 0.2) is 0 Å². The maximum atomic E-state index is 13.3. The SMILES string of the molecule is Cc1noc(C)c1-c1cc(C(=O)c2ncccn2)c2nc(C3CC3)n(C(=O)O)c2c1. The van der Waals surface area contributed by atoms with Crippen molar-refractivity contribution >= 4 is 22.9 Å². The number of imidazole rings is 1. The smallest absolute Gasteiger partial charge is 0.417 e. The van der Waals surface area contributed by atoms with Crippen LogP contribution >= 0.6 is 0 Å². The minimum absolute atomic E-state index is 0.0209. The summed E-state index contributed by atoms with van der Waals surface area (Å²) in [6.07, 6.45) is 3.59. The molecule has 0 atom stereocenters. The van der Waals surface area contributed by atoms with Gasteiger partial charge in [0.1, 0.15) is 17.1 Å². The zero-order valence-corrected chi connectivity index (χ0v) is 16.3. The van der Waals surface area contributed by atoms with Gasteiger partial charge in [0, 0.05) is 23.9 Å². The Labute approximate surface area is 170 Å². The fraction of sp³-hybridized carbons (Fsp3) is 0.238. The number of nitrogens with zero attached hydrogens (tertiary/aromatic N) is 5. The molecule has 0 spiro atoms. The molecule has 0 radical (unpaired) electrons. The molecule has 0 aliphatic heterocycles. The number of carboxylic acid groups (broad SMARTS) is 1. The van der Waals surface area contributed by atoms with E-state index in [1.54, 1.807) is 32.0 Å². The van der Waals surface area contributed by atoms with Crippen LogP contribution in [0, 0.1) is 13.8 Å². The minimum Gasteiger partial charge on any atom is -0.464 e. The predicted molar refractivity (Wildman–Crippen MR) is 106 cm³/mol. The van der Waals surface area contributed by atoms with E-state index in [1.165, 1.54) is 17.0 Å². The summed E-state index contributed by atoms with van der Waals surface area (Å²) in [5, 5.41) is 13.9. The molecule has 30 heavy (non-hydrogen) atoms. The summed E-state index contributed by atoms with van der Waals surface area (Å²) in [4.78, 5) is 38.1. The number of hydrogen-bond donors (Lipinski definition) is 1. The van der Waals surface area contributed by atoms with E-state index in [4.69, 9.17) is 4.52 Å². The Morgan fingerprint density at radius 2 is 1.90 bits per heavy atom. The van der Waals surface area contributed by atoms with Crippen LogP contribution in [-0.4, -0.2) is 41.7 Å². The highest BCUT2D eigenvalue weighted by Gasteiger charge is 2.33. The number of carbonyl (C=O) groups is 2. The topological polar surface area (TPSA) is 124 Å². The van der Waals surface area contributed by atoms with Crippen molar-refractivity contribution in [2.24, 2.45) is 0 Å². The maximum Gasteiger partial charge on any atom is 0.417 e. The second kappa shape index (κ2) is 6.58. The lowest BCUT2D eigenvalue weighted by molar-refractivity contribution is 0.103. The van der Waals surface area contributed by atoms with Crippen molar-refractivity contribution in [2.45, 2.75) is 32.6 Å². The van der Waals surface area contributed by atoms with E-state index in [2.05, 4.69) is 20.1 Å². The van der Waals surface area contributed by atoms with Gasteiger partial charge in [-0.2, -0.15) is 0 Å². The van der Waals surface area contributed by atoms with Crippen LogP contribution in [0.2, 0.25) is 0 Å². The monoisotopic (exact) mass is 403 g/mol. The Bertz CT molecular complexity index is 1300. The minimum atomic E-state index is -1.13. The zero-order valence-electron chi connectivity index (χ0n) is 16.3. The molecule has 3 aromatic heterocycles. The number of aryl methyl sites for hydroxylation is 2. The van der Waals surface area contributed by atoms with Crippen LogP contribution in [-0.2, 0) is 0 Å². The number of hydrogen-bond acceptors (Lipinski definition) is 7. The summed E-state index contributed by atoms with van der Waals surface area (Å²) < 4.78 is 6.46. The molecular formula is C21H17N5O4. The average molecular weight is 403 g/mol. The van der Waals surface area contributed by atoms with E-state index in [0.717, 1.165) is 12.8 Å². The molecule has 0 saturated heterocycles. The highest BCUT2D eigenvalue weighted by molar-refractivity contribution is 6.15. The van der Waals surface area contributed by atoms with Gasteiger partial charge in [0.05, 0.1) is 16.8 Å². The van der Waals surface area contributed by atoms with Crippen LogP contribution in [0.1, 0.15) is 52.2 Å². The Morgan fingerprint density at radius 3 is 2.50 bits per heavy atom. The van der Waals surface area contributed by atoms with Crippen molar-refractivity contribution in [1.82, 2.24) is 24.7 Å². The van der Waals surface area contributed by atoms with Crippen LogP contribution in [0.3, 0.4) is 0 Å². The number of benzene rings is 1. The van der Waals surface area contributed by atoms with Gasteiger partial charge < -0.3 is 9.63 Å². The molecule has 5 rings (SSSR count). The number of carbonyl (C=O) groups excluding carboxylic acids is 1. The van der Waals surface area contributed by atoms with Crippen LogP contribution in [0.4, 0.5) is 4.79 Å². The molecule has 0 unspecified atom stereocenters.